The lowest BCUT2D eigenvalue weighted by atomic mass is 9.81. The van der Waals surface area contributed by atoms with Crippen molar-refractivity contribution in [3.05, 3.63) is 82.8 Å². The number of nitrogens with zero attached hydrogens (tertiary/aromatic N) is 2. The maximum Gasteiger partial charge on any atom is 0.355 e. The van der Waals surface area contributed by atoms with E-state index in [-0.39, 0.29) is 28.4 Å². The number of carbonyl (C=O) groups excluding carboxylic acids is 2. The Kier molecular flexibility index (Phi) is 6.52. The fourth-order valence-corrected chi connectivity index (χ4v) is 4.08. The van der Waals surface area contributed by atoms with Gasteiger partial charge in [-0.3, -0.25) is 9.45 Å². The highest BCUT2D eigenvalue weighted by atomic mass is 32.2. The third kappa shape index (κ3) is 4.30. The average molecular weight is 469 g/mol. The molecule has 0 fully saturated rings. The molecule has 3 rings (SSSR count). The summed E-state index contributed by atoms with van der Waals surface area (Å²) in [5.74, 6) is -3.18. The van der Waals surface area contributed by atoms with Crippen LogP contribution in [0.2, 0.25) is 0 Å². The van der Waals surface area contributed by atoms with E-state index >= 15 is 0 Å². The van der Waals surface area contributed by atoms with Crippen LogP contribution in [0.25, 0.3) is 0 Å². The van der Waals surface area contributed by atoms with Crippen LogP contribution in [0, 0.1) is 11.3 Å². The van der Waals surface area contributed by atoms with Crippen LogP contribution in [0.3, 0.4) is 0 Å². The normalized spacial score (nSPS) is 16.3. The number of allylic oxidation sites excluding steroid dienone is 1. The molecular formula is C22H19N3O7S. The molecule has 11 heteroatoms. The van der Waals surface area contributed by atoms with Gasteiger partial charge in [-0.2, -0.15) is 13.7 Å². The van der Waals surface area contributed by atoms with Gasteiger partial charge in [0.15, 0.2) is 0 Å². The van der Waals surface area contributed by atoms with Gasteiger partial charge in [0, 0.05) is 5.69 Å². The van der Waals surface area contributed by atoms with Gasteiger partial charge in [0.1, 0.15) is 11.5 Å². The maximum absolute atomic E-state index is 12.9. The molecule has 0 spiro atoms. The standard InChI is InChI=1S/C22H19N3O7S/c1-31-21(26)18-17(13-7-4-3-5-8-13)16(12-23)20(24)25(19(18)22(27)32-2)14-9-6-10-15(11-14)33(28,29)30/h3-11,17H,24H2,1-2H3,(H,28,29,30). The van der Waals surface area contributed by atoms with E-state index in [1.165, 1.54) is 12.1 Å². The van der Waals surface area contributed by atoms with Crippen molar-refractivity contribution in [2.45, 2.75) is 10.8 Å². The van der Waals surface area contributed by atoms with Crippen molar-refractivity contribution in [2.24, 2.45) is 5.73 Å². The van der Waals surface area contributed by atoms with Gasteiger partial charge >= 0.3 is 11.9 Å². The van der Waals surface area contributed by atoms with Crippen molar-refractivity contribution >= 4 is 27.7 Å². The highest BCUT2D eigenvalue weighted by Gasteiger charge is 2.43. The highest BCUT2D eigenvalue weighted by molar-refractivity contribution is 7.85. The molecule has 0 aromatic heterocycles. The Labute approximate surface area is 189 Å². The molecule has 2 aromatic carbocycles. The highest BCUT2D eigenvalue weighted by Crippen LogP contribution is 2.43. The molecule has 0 saturated heterocycles. The summed E-state index contributed by atoms with van der Waals surface area (Å²) in [6.07, 6.45) is 0. The summed E-state index contributed by atoms with van der Waals surface area (Å²) in [5.41, 5.74) is 6.14. The lowest BCUT2D eigenvalue weighted by Gasteiger charge is -2.36. The Bertz CT molecular complexity index is 1330. The summed E-state index contributed by atoms with van der Waals surface area (Å²) in [6, 6.07) is 15.3. The van der Waals surface area contributed by atoms with Gasteiger partial charge in [0.2, 0.25) is 0 Å². The van der Waals surface area contributed by atoms with Crippen molar-refractivity contribution in [2.75, 3.05) is 19.1 Å². The number of esters is 2. The molecule has 1 aliphatic heterocycles. The number of ether oxygens (including phenoxy) is 2. The van der Waals surface area contributed by atoms with Crippen LogP contribution in [0.4, 0.5) is 5.69 Å². The fourth-order valence-electron chi connectivity index (χ4n) is 3.56. The first kappa shape index (κ1) is 23.5. The molecule has 1 atom stereocenters. The number of benzene rings is 2. The lowest BCUT2D eigenvalue weighted by Crippen LogP contribution is -2.40. The Morgan fingerprint density at radius 2 is 1.70 bits per heavy atom. The second kappa shape index (κ2) is 9.15. The molecule has 0 radical (unpaired) electrons. The number of nitrogens with two attached hydrogens (primary N) is 1. The second-order valence-electron chi connectivity index (χ2n) is 6.81. The summed E-state index contributed by atoms with van der Waals surface area (Å²) in [4.78, 5) is 26.4. The lowest BCUT2D eigenvalue weighted by molar-refractivity contribution is -0.139. The van der Waals surface area contributed by atoms with E-state index in [1.54, 1.807) is 30.3 Å². The molecule has 0 bridgehead atoms. The summed E-state index contributed by atoms with van der Waals surface area (Å²) in [7, 11) is -2.40. The quantitative estimate of drug-likeness (QED) is 0.488. The van der Waals surface area contributed by atoms with E-state index in [0.717, 1.165) is 31.3 Å². The SMILES string of the molecule is COC(=O)C1=C(C(=O)OC)N(c2cccc(S(=O)(=O)O)c2)C(N)=C(C#N)C1c1ccccc1. The molecule has 1 unspecified atom stereocenters. The first-order valence-electron chi connectivity index (χ1n) is 9.38. The van der Waals surface area contributed by atoms with E-state index in [2.05, 4.69) is 0 Å². The molecule has 33 heavy (non-hydrogen) atoms. The Morgan fingerprint density at radius 1 is 1.06 bits per heavy atom. The number of carbonyl (C=O) groups is 2. The Morgan fingerprint density at radius 3 is 2.24 bits per heavy atom. The van der Waals surface area contributed by atoms with Crippen molar-refractivity contribution in [1.82, 2.24) is 0 Å². The minimum Gasteiger partial charge on any atom is -0.466 e. The van der Waals surface area contributed by atoms with Crippen LogP contribution < -0.4 is 10.6 Å². The van der Waals surface area contributed by atoms with Gasteiger partial charge in [-0.05, 0) is 23.8 Å². The summed E-state index contributed by atoms with van der Waals surface area (Å²) in [5, 5.41) is 9.95. The Hall–Kier alpha value is -4.14. The largest absolute Gasteiger partial charge is 0.466 e. The zero-order valence-electron chi connectivity index (χ0n) is 17.6. The van der Waals surface area contributed by atoms with E-state index in [9.17, 15) is 27.8 Å². The van der Waals surface area contributed by atoms with Crippen molar-refractivity contribution in [3.8, 4) is 6.07 Å². The number of methoxy groups -OCH3 is 2. The number of hydrogen-bond acceptors (Lipinski definition) is 9. The number of nitriles is 1. The van der Waals surface area contributed by atoms with Gasteiger partial charge in [0.25, 0.3) is 10.1 Å². The van der Waals surface area contributed by atoms with Crippen LogP contribution in [0.1, 0.15) is 11.5 Å². The van der Waals surface area contributed by atoms with Gasteiger partial charge in [0.05, 0.1) is 42.2 Å². The van der Waals surface area contributed by atoms with Crippen LogP contribution in [0.15, 0.2) is 82.2 Å². The van der Waals surface area contributed by atoms with Crippen LogP contribution >= 0.6 is 0 Å². The van der Waals surface area contributed by atoms with Crippen LogP contribution in [0.5, 0.6) is 0 Å². The smallest absolute Gasteiger partial charge is 0.355 e. The zero-order valence-corrected chi connectivity index (χ0v) is 18.4. The van der Waals surface area contributed by atoms with E-state index in [1.807, 2.05) is 6.07 Å². The molecule has 0 aliphatic carbocycles. The monoisotopic (exact) mass is 469 g/mol. The topological polar surface area (TPSA) is 160 Å². The average Bonchev–Trinajstić information content (AvgIpc) is 2.82. The van der Waals surface area contributed by atoms with E-state index in [4.69, 9.17) is 15.2 Å². The molecule has 170 valence electrons. The molecule has 0 amide bonds. The second-order valence-corrected chi connectivity index (χ2v) is 8.23. The molecule has 1 aliphatic rings. The summed E-state index contributed by atoms with van der Waals surface area (Å²) in [6.45, 7) is 0. The zero-order chi connectivity index (χ0) is 24.3. The predicted octanol–water partition coefficient (Wildman–Crippen LogP) is 1.83. The molecular weight excluding hydrogens is 450 g/mol. The molecule has 10 nitrogen and oxygen atoms in total. The maximum atomic E-state index is 12.9. The van der Waals surface area contributed by atoms with Crippen molar-refractivity contribution in [3.63, 3.8) is 0 Å². The van der Waals surface area contributed by atoms with Crippen molar-refractivity contribution in [1.29, 1.82) is 5.26 Å². The summed E-state index contributed by atoms with van der Waals surface area (Å²) < 4.78 is 42.6. The summed E-state index contributed by atoms with van der Waals surface area (Å²) >= 11 is 0. The minimum absolute atomic E-state index is 0.0105. The third-order valence-corrected chi connectivity index (χ3v) is 5.83. The van der Waals surface area contributed by atoms with E-state index in [0.29, 0.717) is 5.56 Å². The van der Waals surface area contributed by atoms with Crippen LogP contribution in [-0.2, 0) is 29.2 Å². The fraction of sp³-hybridized carbons (Fsp3) is 0.136. The van der Waals surface area contributed by atoms with E-state index < -0.39 is 32.9 Å². The Balaban J connectivity index is 2.43. The first-order valence-corrected chi connectivity index (χ1v) is 10.8. The molecule has 3 N–H and O–H groups in total. The third-order valence-electron chi connectivity index (χ3n) is 4.98. The molecule has 2 aromatic rings. The van der Waals surface area contributed by atoms with Crippen LogP contribution in [-0.4, -0.2) is 39.1 Å². The molecule has 0 saturated carbocycles. The first-order chi connectivity index (χ1) is 15.6. The predicted molar refractivity (Wildman–Crippen MR) is 116 cm³/mol. The number of hydrogen-bond donors (Lipinski definition) is 2. The van der Waals surface area contributed by atoms with Crippen molar-refractivity contribution < 1.29 is 32.0 Å². The number of rotatable bonds is 5. The van der Waals surface area contributed by atoms with Gasteiger partial charge in [-0.25, -0.2) is 9.59 Å². The van der Waals surface area contributed by atoms with Gasteiger partial charge in [-0.1, -0.05) is 36.4 Å². The molecule has 1 heterocycles. The number of anilines is 1. The minimum atomic E-state index is -4.60. The van der Waals surface area contributed by atoms with Gasteiger partial charge in [-0.15, -0.1) is 0 Å². The van der Waals surface area contributed by atoms with Gasteiger partial charge < -0.3 is 15.2 Å².